The Labute approximate surface area is 172 Å². The van der Waals surface area contributed by atoms with E-state index in [0.29, 0.717) is 13.1 Å². The van der Waals surface area contributed by atoms with E-state index in [1.807, 2.05) is 74.8 Å². The quantitative estimate of drug-likeness (QED) is 0.790. The fourth-order valence-corrected chi connectivity index (χ4v) is 3.67. The molecule has 1 saturated heterocycles. The molecule has 1 aliphatic heterocycles. The highest BCUT2D eigenvalue weighted by molar-refractivity contribution is 5.90. The average Bonchev–Trinajstić information content (AvgIpc) is 2.74. The van der Waals surface area contributed by atoms with E-state index in [0.717, 1.165) is 30.6 Å². The Kier molecular flexibility index (Phi) is 7.25. The van der Waals surface area contributed by atoms with E-state index >= 15 is 0 Å². The van der Waals surface area contributed by atoms with Crippen molar-refractivity contribution >= 4 is 17.6 Å². The van der Waals surface area contributed by atoms with Gasteiger partial charge in [0.2, 0.25) is 5.91 Å². The Morgan fingerprint density at radius 1 is 1.07 bits per heavy atom. The van der Waals surface area contributed by atoms with E-state index in [1.54, 1.807) is 4.90 Å². The standard InChI is InChI=1S/C23H30N4O2/c1-26(2)17-21(18-10-5-3-6-11-18)25-22(28)19-12-9-15-27(16-19)23(29)24-20-13-7-4-8-14-20/h3-8,10-11,13-14,19,21H,9,12,15-17H2,1-2H3,(H,24,29)(H,25,28)/t19-,21-/m1/s1. The fourth-order valence-electron chi connectivity index (χ4n) is 3.67. The van der Waals surface area contributed by atoms with Crippen LogP contribution in [0.5, 0.6) is 0 Å². The number of hydrogen-bond acceptors (Lipinski definition) is 3. The van der Waals surface area contributed by atoms with Crippen molar-refractivity contribution in [3.05, 3.63) is 66.2 Å². The van der Waals surface area contributed by atoms with Gasteiger partial charge in [-0.1, -0.05) is 48.5 Å². The van der Waals surface area contributed by atoms with E-state index in [2.05, 4.69) is 15.5 Å². The molecule has 0 saturated carbocycles. The van der Waals surface area contributed by atoms with Crippen LogP contribution in [0, 0.1) is 5.92 Å². The number of anilines is 1. The summed E-state index contributed by atoms with van der Waals surface area (Å²) in [4.78, 5) is 29.4. The van der Waals surface area contributed by atoms with Gasteiger partial charge >= 0.3 is 6.03 Å². The molecule has 154 valence electrons. The van der Waals surface area contributed by atoms with Gasteiger partial charge in [-0.3, -0.25) is 4.79 Å². The van der Waals surface area contributed by atoms with Crippen molar-refractivity contribution in [1.29, 1.82) is 0 Å². The zero-order chi connectivity index (χ0) is 20.6. The summed E-state index contributed by atoms with van der Waals surface area (Å²) in [5.41, 5.74) is 1.85. The summed E-state index contributed by atoms with van der Waals surface area (Å²) in [6.07, 6.45) is 1.62. The lowest BCUT2D eigenvalue weighted by Gasteiger charge is -2.33. The van der Waals surface area contributed by atoms with Crippen LogP contribution in [0.25, 0.3) is 0 Å². The SMILES string of the molecule is CN(C)C[C@@H](NC(=O)[C@@H]1CCCN(C(=O)Nc2ccccc2)C1)c1ccccc1. The summed E-state index contributed by atoms with van der Waals surface area (Å²) in [6, 6.07) is 19.2. The van der Waals surface area contributed by atoms with E-state index in [9.17, 15) is 9.59 Å². The largest absolute Gasteiger partial charge is 0.348 e. The average molecular weight is 395 g/mol. The minimum Gasteiger partial charge on any atom is -0.348 e. The van der Waals surface area contributed by atoms with Crippen LogP contribution in [0.15, 0.2) is 60.7 Å². The van der Waals surface area contributed by atoms with Crippen molar-refractivity contribution in [2.24, 2.45) is 5.92 Å². The smallest absolute Gasteiger partial charge is 0.321 e. The third-order valence-corrected chi connectivity index (χ3v) is 5.17. The number of carbonyl (C=O) groups excluding carboxylic acids is 2. The first kappa shape index (κ1) is 20.9. The van der Waals surface area contributed by atoms with Crippen molar-refractivity contribution in [3.63, 3.8) is 0 Å². The van der Waals surface area contributed by atoms with E-state index < -0.39 is 0 Å². The maximum absolute atomic E-state index is 13.0. The minimum atomic E-state index is -0.196. The van der Waals surface area contributed by atoms with Crippen LogP contribution in [-0.4, -0.2) is 55.5 Å². The number of amides is 3. The van der Waals surface area contributed by atoms with Gasteiger partial charge < -0.3 is 20.4 Å². The van der Waals surface area contributed by atoms with E-state index in [1.165, 1.54) is 0 Å². The van der Waals surface area contributed by atoms with Crippen molar-refractivity contribution in [1.82, 2.24) is 15.1 Å². The fraction of sp³-hybridized carbons (Fsp3) is 0.391. The maximum atomic E-state index is 13.0. The van der Waals surface area contributed by atoms with Crippen molar-refractivity contribution < 1.29 is 9.59 Å². The van der Waals surface area contributed by atoms with Gasteiger partial charge in [0.05, 0.1) is 12.0 Å². The summed E-state index contributed by atoms with van der Waals surface area (Å²) in [7, 11) is 4.00. The topological polar surface area (TPSA) is 64.7 Å². The molecule has 2 aromatic rings. The molecule has 6 nitrogen and oxygen atoms in total. The van der Waals surface area contributed by atoms with E-state index in [-0.39, 0.29) is 23.9 Å². The molecule has 0 aliphatic carbocycles. The molecule has 6 heteroatoms. The van der Waals surface area contributed by atoms with Crippen LogP contribution in [-0.2, 0) is 4.79 Å². The van der Waals surface area contributed by atoms with Crippen molar-refractivity contribution in [2.45, 2.75) is 18.9 Å². The predicted molar refractivity (Wildman–Crippen MR) is 116 cm³/mol. The zero-order valence-electron chi connectivity index (χ0n) is 17.2. The lowest BCUT2D eigenvalue weighted by Crippen LogP contribution is -2.48. The third-order valence-electron chi connectivity index (χ3n) is 5.17. The van der Waals surface area contributed by atoms with Crippen molar-refractivity contribution in [2.75, 3.05) is 39.0 Å². The van der Waals surface area contributed by atoms with Crippen LogP contribution < -0.4 is 10.6 Å². The number of para-hydroxylation sites is 1. The second kappa shape index (κ2) is 10.1. The summed E-state index contributed by atoms with van der Waals surface area (Å²) in [5.74, 6) is -0.184. The summed E-state index contributed by atoms with van der Waals surface area (Å²) in [6.45, 7) is 1.83. The van der Waals surface area contributed by atoms with Gasteiger partial charge in [0.1, 0.15) is 0 Å². The van der Waals surface area contributed by atoms with E-state index in [4.69, 9.17) is 0 Å². The summed E-state index contributed by atoms with van der Waals surface area (Å²) >= 11 is 0. The molecule has 1 aliphatic rings. The molecule has 0 aromatic heterocycles. The van der Waals surface area contributed by atoms with Gasteiger partial charge in [-0.15, -0.1) is 0 Å². The number of hydrogen-bond donors (Lipinski definition) is 2. The van der Waals surface area contributed by atoms with Gasteiger partial charge in [0.15, 0.2) is 0 Å². The van der Waals surface area contributed by atoms with Crippen LogP contribution >= 0.6 is 0 Å². The molecule has 2 N–H and O–H groups in total. The molecule has 1 fully saturated rings. The molecule has 29 heavy (non-hydrogen) atoms. The van der Waals surface area contributed by atoms with Crippen molar-refractivity contribution in [3.8, 4) is 0 Å². The molecule has 3 amide bonds. The Hall–Kier alpha value is -2.86. The molecule has 2 aromatic carbocycles. The number of nitrogens with one attached hydrogen (secondary N) is 2. The number of carbonyl (C=O) groups is 2. The molecule has 0 radical (unpaired) electrons. The molecule has 2 atom stereocenters. The number of likely N-dealkylation sites (N-methyl/N-ethyl adjacent to an activating group) is 1. The Morgan fingerprint density at radius 3 is 2.38 bits per heavy atom. The highest BCUT2D eigenvalue weighted by atomic mass is 16.2. The molecule has 1 heterocycles. The van der Waals surface area contributed by atoms with Crippen LogP contribution in [0.2, 0.25) is 0 Å². The Morgan fingerprint density at radius 2 is 1.72 bits per heavy atom. The monoisotopic (exact) mass is 394 g/mol. The number of urea groups is 1. The summed E-state index contributed by atoms with van der Waals surface area (Å²) < 4.78 is 0. The number of rotatable bonds is 6. The second-order valence-corrected chi connectivity index (χ2v) is 7.82. The molecule has 3 rings (SSSR count). The second-order valence-electron chi connectivity index (χ2n) is 7.82. The van der Waals surface area contributed by atoms with Gasteiger partial charge in [-0.05, 0) is 44.6 Å². The van der Waals surface area contributed by atoms with Gasteiger partial charge in [0.25, 0.3) is 0 Å². The van der Waals surface area contributed by atoms with Crippen LogP contribution in [0.3, 0.4) is 0 Å². The summed E-state index contributed by atoms with van der Waals surface area (Å²) in [5, 5.41) is 6.12. The van der Waals surface area contributed by atoms with Gasteiger partial charge in [0, 0.05) is 25.3 Å². The molecule has 0 spiro atoms. The molecule has 0 bridgehead atoms. The third kappa shape index (κ3) is 6.06. The number of likely N-dealkylation sites (tertiary alicyclic amines) is 1. The highest BCUT2D eigenvalue weighted by Crippen LogP contribution is 2.20. The minimum absolute atomic E-state index is 0.0120. The van der Waals surface area contributed by atoms with Gasteiger partial charge in [-0.2, -0.15) is 0 Å². The number of piperidine rings is 1. The first-order chi connectivity index (χ1) is 14.0. The highest BCUT2D eigenvalue weighted by Gasteiger charge is 2.30. The first-order valence-electron chi connectivity index (χ1n) is 10.1. The lowest BCUT2D eigenvalue weighted by molar-refractivity contribution is -0.127. The molecular weight excluding hydrogens is 364 g/mol. The number of benzene rings is 2. The van der Waals surface area contributed by atoms with Gasteiger partial charge in [-0.25, -0.2) is 4.79 Å². The zero-order valence-corrected chi connectivity index (χ0v) is 17.2. The number of nitrogens with zero attached hydrogens (tertiary/aromatic N) is 2. The predicted octanol–water partition coefficient (Wildman–Crippen LogP) is 3.35. The Balaban J connectivity index is 1.61. The molecule has 0 unspecified atom stereocenters. The van der Waals surface area contributed by atoms with Crippen LogP contribution in [0.4, 0.5) is 10.5 Å². The van der Waals surface area contributed by atoms with Crippen LogP contribution in [0.1, 0.15) is 24.4 Å². The first-order valence-corrected chi connectivity index (χ1v) is 10.1. The Bertz CT molecular complexity index is 795. The lowest BCUT2D eigenvalue weighted by atomic mass is 9.96. The maximum Gasteiger partial charge on any atom is 0.321 e. The normalized spacial score (nSPS) is 17.6. The molecular formula is C23H30N4O2.